The fourth-order valence-corrected chi connectivity index (χ4v) is 0.804. The van der Waals surface area contributed by atoms with E-state index in [2.05, 4.69) is 0 Å². The van der Waals surface area contributed by atoms with E-state index in [1.54, 1.807) is 0 Å². The third-order valence-electron chi connectivity index (χ3n) is 1.96. The van der Waals surface area contributed by atoms with Gasteiger partial charge in [-0.2, -0.15) is 52.7 Å². The molecule has 124 valence electrons. The Morgan fingerprint density at radius 2 is 0.952 bits per heavy atom. The van der Waals surface area contributed by atoms with Crippen LogP contribution in [0.5, 0.6) is 0 Å². The van der Waals surface area contributed by atoms with Gasteiger partial charge in [0.2, 0.25) is 0 Å². The third kappa shape index (κ3) is 2.66. The lowest BCUT2D eigenvalue weighted by atomic mass is 9.97. The second kappa shape index (κ2) is 4.76. The fraction of sp³-hybridized carbons (Fsp3) is 0.714. The van der Waals surface area contributed by atoms with E-state index in [0.29, 0.717) is 0 Å². The van der Waals surface area contributed by atoms with Crippen LogP contribution in [-0.4, -0.2) is 41.7 Å². The number of halogens is 12. The maximum absolute atomic E-state index is 12.6. The first-order valence-corrected chi connectivity index (χ1v) is 4.18. The first kappa shape index (κ1) is 19.5. The highest BCUT2D eigenvalue weighted by atomic mass is 19.4. The Bertz CT molecular complexity index is 447. The molecular formula is C7F12O2. The monoisotopic (exact) mass is 344 g/mol. The van der Waals surface area contributed by atoms with Gasteiger partial charge in [-0.25, -0.2) is 0 Å². The summed E-state index contributed by atoms with van der Waals surface area (Å²) in [7, 11) is 0. The minimum atomic E-state index is -7.70. The molecule has 0 amide bonds. The molecule has 0 bridgehead atoms. The van der Waals surface area contributed by atoms with Crippen molar-refractivity contribution in [3.05, 3.63) is 0 Å². The van der Waals surface area contributed by atoms with Crippen molar-refractivity contribution >= 4 is 11.8 Å². The normalized spacial score (nSPS) is 15.0. The number of hydrogen-bond donors (Lipinski definition) is 0. The van der Waals surface area contributed by atoms with Crippen molar-refractivity contribution in [1.29, 1.82) is 0 Å². The molecule has 0 aromatic heterocycles. The van der Waals surface area contributed by atoms with E-state index in [0.717, 1.165) is 0 Å². The van der Waals surface area contributed by atoms with Crippen molar-refractivity contribution in [2.45, 2.75) is 29.9 Å². The van der Waals surface area contributed by atoms with Gasteiger partial charge in [0.15, 0.2) is 0 Å². The van der Waals surface area contributed by atoms with Crippen LogP contribution in [-0.2, 0) is 9.59 Å². The lowest BCUT2D eigenvalue weighted by molar-refractivity contribution is -0.389. The van der Waals surface area contributed by atoms with Crippen LogP contribution in [0.3, 0.4) is 0 Å². The number of ketones is 1. The van der Waals surface area contributed by atoms with Crippen LogP contribution >= 0.6 is 0 Å². The van der Waals surface area contributed by atoms with Gasteiger partial charge in [0, 0.05) is 0 Å². The largest absolute Gasteiger partial charge is 0.460 e. The zero-order valence-corrected chi connectivity index (χ0v) is 8.85. The van der Waals surface area contributed by atoms with Gasteiger partial charge in [0.05, 0.1) is 0 Å². The van der Waals surface area contributed by atoms with Gasteiger partial charge < -0.3 is 0 Å². The average Bonchev–Trinajstić information content (AvgIpc) is 2.25. The van der Waals surface area contributed by atoms with Crippen LogP contribution in [0.2, 0.25) is 0 Å². The highest BCUT2D eigenvalue weighted by Gasteiger charge is 2.85. The molecule has 0 heterocycles. The maximum atomic E-state index is 12.6. The lowest BCUT2D eigenvalue weighted by Gasteiger charge is -2.33. The summed E-state index contributed by atoms with van der Waals surface area (Å²) in [5.41, 5.74) is 0. The highest BCUT2D eigenvalue weighted by Crippen LogP contribution is 2.54. The molecule has 0 radical (unpaired) electrons. The Balaban J connectivity index is 6.03. The van der Waals surface area contributed by atoms with E-state index in [1.807, 2.05) is 0 Å². The van der Waals surface area contributed by atoms with Gasteiger partial charge in [-0.1, -0.05) is 0 Å². The summed E-state index contributed by atoms with van der Waals surface area (Å²) in [6.45, 7) is 0. The van der Waals surface area contributed by atoms with Crippen LogP contribution in [0.25, 0.3) is 0 Å². The number of alkyl halides is 11. The van der Waals surface area contributed by atoms with Gasteiger partial charge in [-0.3, -0.25) is 9.59 Å². The molecule has 0 aliphatic heterocycles. The van der Waals surface area contributed by atoms with E-state index >= 15 is 0 Å². The summed E-state index contributed by atoms with van der Waals surface area (Å²) in [6, 6.07) is -4.24. The number of carbonyl (C=O) groups is 2. The van der Waals surface area contributed by atoms with Crippen LogP contribution in [0.1, 0.15) is 0 Å². The first-order valence-electron chi connectivity index (χ1n) is 4.18. The molecule has 0 fully saturated rings. The van der Waals surface area contributed by atoms with Crippen molar-refractivity contribution in [2.75, 3.05) is 0 Å². The molecular weight excluding hydrogens is 344 g/mol. The summed E-state index contributed by atoms with van der Waals surface area (Å²) in [5, 5.41) is 0. The standard InChI is InChI=1S/C7F12O2/c8-2(21)3(9,10)1(20)4(11,12)5(13,14)6(15,16)7(17,18)19. The second-order valence-electron chi connectivity index (χ2n) is 3.40. The van der Waals surface area contributed by atoms with Crippen LogP contribution in [0, 0.1) is 0 Å². The molecule has 0 aliphatic carbocycles. The molecule has 0 spiro atoms. The molecule has 0 saturated heterocycles. The maximum Gasteiger partial charge on any atom is 0.460 e. The number of carbonyl (C=O) groups excluding carboxylic acids is 2. The molecule has 14 heteroatoms. The molecule has 0 unspecified atom stereocenters. The van der Waals surface area contributed by atoms with Crippen LogP contribution in [0.15, 0.2) is 0 Å². The Morgan fingerprint density at radius 1 is 0.619 bits per heavy atom. The Hall–Kier alpha value is -1.50. The van der Waals surface area contributed by atoms with Gasteiger partial charge in [-0.15, -0.1) is 0 Å². The Labute approximate surface area is 105 Å². The summed E-state index contributed by atoms with van der Waals surface area (Å²) in [5.74, 6) is -34.0. The fourth-order valence-electron chi connectivity index (χ4n) is 0.804. The molecule has 0 aromatic rings. The van der Waals surface area contributed by atoms with E-state index in [4.69, 9.17) is 0 Å². The molecule has 21 heavy (non-hydrogen) atoms. The van der Waals surface area contributed by atoms with Crippen molar-refractivity contribution in [3.8, 4) is 0 Å². The molecule has 2 nitrogen and oxygen atoms in total. The van der Waals surface area contributed by atoms with Crippen LogP contribution < -0.4 is 0 Å². The topological polar surface area (TPSA) is 34.1 Å². The minimum Gasteiger partial charge on any atom is -0.285 e. The first-order chi connectivity index (χ1) is 8.85. The zero-order chi connectivity index (χ0) is 17.7. The summed E-state index contributed by atoms with van der Waals surface area (Å²) in [6.07, 6.45) is -7.35. The third-order valence-corrected chi connectivity index (χ3v) is 1.96. The number of hydrogen-bond acceptors (Lipinski definition) is 2. The molecule has 0 atom stereocenters. The van der Waals surface area contributed by atoms with Crippen molar-refractivity contribution in [2.24, 2.45) is 0 Å². The Kier molecular flexibility index (Phi) is 4.42. The lowest BCUT2D eigenvalue weighted by Crippen LogP contribution is -2.66. The Morgan fingerprint density at radius 3 is 1.19 bits per heavy atom. The number of rotatable bonds is 5. The van der Waals surface area contributed by atoms with Gasteiger partial charge in [0.25, 0.3) is 5.78 Å². The predicted octanol–water partition coefficient (Wildman–Crippen LogP) is 3.16. The number of Topliss-reactive ketones (excluding diaryl/α,β-unsaturated/α-hetero) is 1. The summed E-state index contributed by atoms with van der Waals surface area (Å²) >= 11 is 0. The molecule has 0 saturated carbocycles. The zero-order valence-electron chi connectivity index (χ0n) is 8.85. The quantitative estimate of drug-likeness (QED) is 0.436. The van der Waals surface area contributed by atoms with E-state index in [9.17, 15) is 62.3 Å². The summed E-state index contributed by atoms with van der Waals surface area (Å²) < 4.78 is 145. The average molecular weight is 344 g/mol. The predicted molar refractivity (Wildman–Crippen MR) is 37.0 cm³/mol. The van der Waals surface area contributed by atoms with Gasteiger partial charge in [0.1, 0.15) is 0 Å². The van der Waals surface area contributed by atoms with E-state index in [1.165, 1.54) is 0 Å². The smallest absolute Gasteiger partial charge is 0.285 e. The van der Waals surface area contributed by atoms with Gasteiger partial charge in [-0.05, 0) is 0 Å². The van der Waals surface area contributed by atoms with Crippen molar-refractivity contribution in [1.82, 2.24) is 0 Å². The van der Waals surface area contributed by atoms with Crippen LogP contribution in [0.4, 0.5) is 52.7 Å². The summed E-state index contributed by atoms with van der Waals surface area (Å²) in [4.78, 5) is 19.7. The molecule has 0 rings (SSSR count). The SMILES string of the molecule is O=C(F)C(F)(F)C(=O)C(F)(F)C(F)(F)C(F)(F)C(F)(F)F. The van der Waals surface area contributed by atoms with Crippen molar-refractivity contribution < 1.29 is 62.3 Å². The molecule has 0 aromatic carbocycles. The van der Waals surface area contributed by atoms with Gasteiger partial charge >= 0.3 is 35.9 Å². The highest BCUT2D eigenvalue weighted by molar-refractivity contribution is 6.08. The van der Waals surface area contributed by atoms with Crippen molar-refractivity contribution in [3.63, 3.8) is 0 Å². The minimum absolute atomic E-state index is 4.24. The molecule has 0 aliphatic rings. The van der Waals surface area contributed by atoms with E-state index in [-0.39, 0.29) is 0 Å². The van der Waals surface area contributed by atoms with E-state index < -0.39 is 41.7 Å². The second-order valence-corrected chi connectivity index (χ2v) is 3.40. The molecule has 0 N–H and O–H groups in total.